The van der Waals surface area contributed by atoms with Crippen molar-refractivity contribution in [3.05, 3.63) is 41.5 Å². The second-order valence-electron chi connectivity index (χ2n) is 7.64. The summed E-state index contributed by atoms with van der Waals surface area (Å²) in [6.07, 6.45) is 2.41. The number of aromatic nitrogens is 4. The Kier molecular flexibility index (Phi) is 5.53. The average molecular weight is 455 g/mol. The zero-order chi connectivity index (χ0) is 21.4. The van der Waals surface area contributed by atoms with Gasteiger partial charge >= 0.3 is 0 Å². The highest BCUT2D eigenvalue weighted by molar-refractivity contribution is 7.21. The molecule has 4 N–H and O–H groups in total. The van der Waals surface area contributed by atoms with Gasteiger partial charge in [-0.05, 0) is 37.8 Å². The first-order valence-electron chi connectivity index (χ1n) is 10.1. The summed E-state index contributed by atoms with van der Waals surface area (Å²) in [4.78, 5) is 18.4. The predicted octanol–water partition coefficient (Wildman–Crippen LogP) is 3.81. The quantitative estimate of drug-likeness (QED) is 0.348. The van der Waals surface area contributed by atoms with E-state index < -0.39 is 6.10 Å². The number of aryl methyl sites for hydroxylation is 1. The topological polar surface area (TPSA) is 116 Å². The molecule has 1 saturated carbocycles. The molecule has 3 atom stereocenters. The molecule has 4 aromatic rings. The van der Waals surface area contributed by atoms with Gasteiger partial charge in [0.1, 0.15) is 10.8 Å². The summed E-state index contributed by atoms with van der Waals surface area (Å²) in [5, 5.41) is 30.0. The first-order valence-corrected chi connectivity index (χ1v) is 11.8. The molecular formula is C21H22N6O2S2. The summed E-state index contributed by atoms with van der Waals surface area (Å²) in [5.74, 6) is 1.13. The molecule has 1 aliphatic rings. The third kappa shape index (κ3) is 4.11. The molecule has 10 heteroatoms. The highest BCUT2D eigenvalue weighted by Gasteiger charge is 2.33. The lowest BCUT2D eigenvalue weighted by Crippen LogP contribution is -2.29. The number of hydrogen-bond donors (Lipinski definition) is 4. The fourth-order valence-corrected chi connectivity index (χ4v) is 5.53. The zero-order valence-electron chi connectivity index (χ0n) is 16.8. The minimum absolute atomic E-state index is 0.0691. The van der Waals surface area contributed by atoms with Crippen LogP contribution in [0.25, 0.3) is 20.8 Å². The van der Waals surface area contributed by atoms with Crippen LogP contribution in [-0.4, -0.2) is 48.9 Å². The number of rotatable bonds is 6. The van der Waals surface area contributed by atoms with E-state index in [0.717, 1.165) is 26.5 Å². The van der Waals surface area contributed by atoms with Crippen molar-refractivity contribution < 1.29 is 10.2 Å². The third-order valence-electron chi connectivity index (χ3n) is 5.46. The Bertz CT molecular complexity index is 1160. The molecular weight excluding hydrogens is 432 g/mol. The number of aliphatic hydroxyl groups excluding tert-OH is 2. The van der Waals surface area contributed by atoms with Gasteiger partial charge in [0, 0.05) is 18.2 Å². The van der Waals surface area contributed by atoms with E-state index in [4.69, 9.17) is 9.97 Å². The van der Waals surface area contributed by atoms with Crippen LogP contribution in [0.4, 0.5) is 16.9 Å². The van der Waals surface area contributed by atoms with Crippen molar-refractivity contribution >= 4 is 49.8 Å². The Morgan fingerprint density at radius 1 is 1.16 bits per heavy atom. The molecule has 3 aromatic heterocycles. The zero-order valence-corrected chi connectivity index (χ0v) is 18.5. The van der Waals surface area contributed by atoms with E-state index >= 15 is 0 Å². The monoisotopic (exact) mass is 454 g/mol. The fraction of sp³-hybridized carbons (Fsp3) is 0.333. The van der Waals surface area contributed by atoms with E-state index in [2.05, 4.69) is 20.6 Å². The van der Waals surface area contributed by atoms with Gasteiger partial charge in [-0.1, -0.05) is 12.1 Å². The Balaban J connectivity index is 1.56. The Hall–Kier alpha value is -2.66. The molecule has 1 fully saturated rings. The van der Waals surface area contributed by atoms with Crippen LogP contribution in [0.5, 0.6) is 0 Å². The Labute approximate surface area is 187 Å². The molecule has 0 bridgehead atoms. The summed E-state index contributed by atoms with van der Waals surface area (Å²) in [6, 6.07) is 7.80. The van der Waals surface area contributed by atoms with Crippen LogP contribution < -0.4 is 10.6 Å². The van der Waals surface area contributed by atoms with Crippen LogP contribution in [0.3, 0.4) is 0 Å². The summed E-state index contributed by atoms with van der Waals surface area (Å²) < 4.78 is 1.09. The first kappa shape index (κ1) is 20.3. The van der Waals surface area contributed by atoms with E-state index in [9.17, 15) is 10.2 Å². The minimum atomic E-state index is -0.550. The number of thiazole rings is 2. The maximum Gasteiger partial charge on any atom is 0.231 e. The van der Waals surface area contributed by atoms with E-state index in [-0.39, 0.29) is 18.6 Å². The molecule has 1 aliphatic carbocycles. The molecule has 0 radical (unpaired) electrons. The Morgan fingerprint density at radius 3 is 2.77 bits per heavy atom. The third-order valence-corrected chi connectivity index (χ3v) is 7.20. The van der Waals surface area contributed by atoms with Crippen molar-refractivity contribution in [2.45, 2.75) is 31.9 Å². The maximum absolute atomic E-state index is 10.5. The lowest BCUT2D eigenvalue weighted by Gasteiger charge is -2.20. The van der Waals surface area contributed by atoms with E-state index in [0.29, 0.717) is 29.7 Å². The number of nitrogens with zero attached hydrogens (tertiary/aromatic N) is 4. The molecule has 5 rings (SSSR count). The first-order chi connectivity index (χ1) is 15.1. The SMILES string of the molecule is Cc1nc(Nc2nccs2)nc(N[C@@H]2C[C@H](CO)C[C@H]2O)c1-c1nc2ccccc2s1. The van der Waals surface area contributed by atoms with Gasteiger partial charge in [-0.25, -0.2) is 15.0 Å². The number of aliphatic hydroxyl groups is 2. The van der Waals surface area contributed by atoms with E-state index in [1.54, 1.807) is 17.5 Å². The molecule has 0 unspecified atom stereocenters. The Morgan fingerprint density at radius 2 is 2.03 bits per heavy atom. The van der Waals surface area contributed by atoms with Gasteiger partial charge in [0.05, 0.1) is 33.6 Å². The standard InChI is InChI=1S/C21H22N6O2S2/c1-11-17(19-25-13-4-2-3-5-16(13)31-19)18(24-14-8-12(10-28)9-15(14)29)26-20(23-11)27-21-22-6-7-30-21/h2-7,12,14-15,28-29H,8-10H2,1H3,(H2,22,23,24,26,27)/t12-,14+,15+/m0/s1. The average Bonchev–Trinajstić information content (AvgIpc) is 3.48. The second kappa shape index (κ2) is 8.46. The van der Waals surface area contributed by atoms with Gasteiger partial charge < -0.3 is 15.5 Å². The number of nitrogens with one attached hydrogen (secondary N) is 2. The predicted molar refractivity (Wildman–Crippen MR) is 124 cm³/mol. The van der Waals surface area contributed by atoms with Gasteiger partial charge in [-0.2, -0.15) is 4.98 Å². The van der Waals surface area contributed by atoms with Crippen molar-refractivity contribution in [3.8, 4) is 10.6 Å². The van der Waals surface area contributed by atoms with Crippen molar-refractivity contribution in [2.75, 3.05) is 17.2 Å². The van der Waals surface area contributed by atoms with Crippen molar-refractivity contribution in [3.63, 3.8) is 0 Å². The number of hydrogen-bond acceptors (Lipinski definition) is 10. The second-order valence-corrected chi connectivity index (χ2v) is 9.57. The lowest BCUT2D eigenvalue weighted by atomic mass is 10.1. The molecule has 160 valence electrons. The van der Waals surface area contributed by atoms with E-state index in [1.165, 1.54) is 11.3 Å². The van der Waals surface area contributed by atoms with Crippen LogP contribution in [0, 0.1) is 12.8 Å². The number of fused-ring (bicyclic) bond motifs is 1. The van der Waals surface area contributed by atoms with Gasteiger partial charge in [-0.3, -0.25) is 5.32 Å². The molecule has 3 heterocycles. The molecule has 0 saturated heterocycles. The van der Waals surface area contributed by atoms with Crippen LogP contribution in [-0.2, 0) is 0 Å². The summed E-state index contributed by atoms with van der Waals surface area (Å²) in [6.45, 7) is 2.00. The molecule has 0 aliphatic heterocycles. The van der Waals surface area contributed by atoms with Crippen LogP contribution in [0.15, 0.2) is 35.8 Å². The molecule has 8 nitrogen and oxygen atoms in total. The molecule has 1 aromatic carbocycles. The van der Waals surface area contributed by atoms with Gasteiger partial charge in [-0.15, -0.1) is 22.7 Å². The van der Waals surface area contributed by atoms with Crippen LogP contribution in [0.1, 0.15) is 18.5 Å². The van der Waals surface area contributed by atoms with Crippen molar-refractivity contribution in [1.82, 2.24) is 19.9 Å². The summed E-state index contributed by atoms with van der Waals surface area (Å²) in [5.41, 5.74) is 2.53. The van der Waals surface area contributed by atoms with Crippen molar-refractivity contribution in [2.24, 2.45) is 5.92 Å². The van der Waals surface area contributed by atoms with Gasteiger partial charge in [0.2, 0.25) is 5.95 Å². The normalized spacial score (nSPS) is 20.9. The molecule has 31 heavy (non-hydrogen) atoms. The number of para-hydroxylation sites is 1. The highest BCUT2D eigenvalue weighted by atomic mass is 32.1. The van der Waals surface area contributed by atoms with Gasteiger partial charge in [0.25, 0.3) is 0 Å². The summed E-state index contributed by atoms with van der Waals surface area (Å²) >= 11 is 3.06. The molecule has 0 spiro atoms. The smallest absolute Gasteiger partial charge is 0.231 e. The van der Waals surface area contributed by atoms with E-state index in [1.807, 2.05) is 36.6 Å². The van der Waals surface area contributed by atoms with Crippen LogP contribution in [0.2, 0.25) is 0 Å². The van der Waals surface area contributed by atoms with Crippen molar-refractivity contribution in [1.29, 1.82) is 0 Å². The highest BCUT2D eigenvalue weighted by Crippen LogP contribution is 2.38. The maximum atomic E-state index is 10.5. The number of benzene rings is 1. The lowest BCUT2D eigenvalue weighted by molar-refractivity contribution is 0.157. The van der Waals surface area contributed by atoms with Crippen LogP contribution >= 0.6 is 22.7 Å². The molecule has 0 amide bonds. The van der Waals surface area contributed by atoms with Gasteiger partial charge in [0.15, 0.2) is 5.13 Å². The summed E-state index contributed by atoms with van der Waals surface area (Å²) in [7, 11) is 0. The minimum Gasteiger partial charge on any atom is -0.396 e. The number of anilines is 3. The largest absolute Gasteiger partial charge is 0.396 e. The fourth-order valence-electron chi connectivity index (χ4n) is 3.95.